The van der Waals surface area contributed by atoms with Crippen molar-refractivity contribution in [3.8, 4) is 5.75 Å². The van der Waals surface area contributed by atoms with Crippen LogP contribution in [-0.2, 0) is 0 Å². The molecular formula is C14H22N2O2. The van der Waals surface area contributed by atoms with Gasteiger partial charge in [-0.3, -0.25) is 0 Å². The Bertz CT molecular complexity index is 393. The number of rotatable bonds is 5. The van der Waals surface area contributed by atoms with Gasteiger partial charge in [-0.25, -0.2) is 4.79 Å². The van der Waals surface area contributed by atoms with E-state index in [1.807, 2.05) is 45.0 Å². The van der Waals surface area contributed by atoms with Gasteiger partial charge >= 0.3 is 6.03 Å². The van der Waals surface area contributed by atoms with Crippen LogP contribution in [0.1, 0.15) is 38.8 Å². The zero-order valence-corrected chi connectivity index (χ0v) is 11.5. The molecule has 0 spiro atoms. The monoisotopic (exact) mass is 250 g/mol. The average molecular weight is 250 g/mol. The molecule has 0 unspecified atom stereocenters. The van der Waals surface area contributed by atoms with Crippen molar-refractivity contribution in [2.75, 3.05) is 7.11 Å². The third kappa shape index (κ3) is 4.28. The molecule has 0 aliphatic carbocycles. The van der Waals surface area contributed by atoms with Gasteiger partial charge < -0.3 is 15.4 Å². The zero-order valence-electron chi connectivity index (χ0n) is 11.5. The molecule has 100 valence electrons. The zero-order chi connectivity index (χ0) is 13.5. The van der Waals surface area contributed by atoms with E-state index in [1.54, 1.807) is 7.11 Å². The normalized spacial score (nSPS) is 13.6. The molecule has 0 saturated heterocycles. The summed E-state index contributed by atoms with van der Waals surface area (Å²) in [5.41, 5.74) is 1.02. The van der Waals surface area contributed by atoms with E-state index in [0.717, 1.165) is 17.7 Å². The lowest BCUT2D eigenvalue weighted by Crippen LogP contribution is -2.41. The molecule has 1 rings (SSSR count). The van der Waals surface area contributed by atoms with Gasteiger partial charge in [-0.15, -0.1) is 0 Å². The van der Waals surface area contributed by atoms with Crippen LogP contribution in [0.2, 0.25) is 0 Å². The maximum absolute atomic E-state index is 11.7. The van der Waals surface area contributed by atoms with Crippen molar-refractivity contribution in [3.63, 3.8) is 0 Å². The van der Waals surface area contributed by atoms with E-state index in [-0.39, 0.29) is 18.1 Å². The summed E-state index contributed by atoms with van der Waals surface area (Å²) < 4.78 is 5.16. The van der Waals surface area contributed by atoms with Gasteiger partial charge in [0.25, 0.3) is 0 Å². The van der Waals surface area contributed by atoms with Gasteiger partial charge in [0.2, 0.25) is 0 Å². The highest BCUT2D eigenvalue weighted by molar-refractivity contribution is 5.74. The van der Waals surface area contributed by atoms with Crippen LogP contribution in [0.5, 0.6) is 5.75 Å². The first-order chi connectivity index (χ1) is 8.56. The fourth-order valence-corrected chi connectivity index (χ4v) is 1.56. The van der Waals surface area contributed by atoms with E-state index >= 15 is 0 Å². The summed E-state index contributed by atoms with van der Waals surface area (Å²) >= 11 is 0. The fourth-order valence-electron chi connectivity index (χ4n) is 1.56. The predicted octanol–water partition coefficient (Wildman–Crippen LogP) is 2.85. The van der Waals surface area contributed by atoms with E-state index in [0.29, 0.717) is 0 Å². The van der Waals surface area contributed by atoms with Gasteiger partial charge in [-0.2, -0.15) is 0 Å². The molecular weight excluding hydrogens is 228 g/mol. The Morgan fingerprint density at radius 2 is 2.06 bits per heavy atom. The topological polar surface area (TPSA) is 50.4 Å². The fraction of sp³-hybridized carbons (Fsp3) is 0.500. The molecule has 0 fully saturated rings. The number of hydrogen-bond donors (Lipinski definition) is 2. The van der Waals surface area contributed by atoms with Crippen LogP contribution in [0.15, 0.2) is 24.3 Å². The van der Waals surface area contributed by atoms with Gasteiger partial charge in [0.15, 0.2) is 0 Å². The van der Waals surface area contributed by atoms with Gasteiger partial charge in [0.05, 0.1) is 13.2 Å². The molecule has 4 nitrogen and oxygen atoms in total. The molecule has 1 aromatic rings. The number of urea groups is 1. The SMILES string of the molecule is CC[C@@H](C)NC(=O)N[C@H](C)c1cccc(OC)c1. The van der Waals surface area contributed by atoms with Crippen molar-refractivity contribution in [2.24, 2.45) is 0 Å². The van der Waals surface area contributed by atoms with E-state index in [1.165, 1.54) is 0 Å². The van der Waals surface area contributed by atoms with E-state index in [9.17, 15) is 4.79 Å². The van der Waals surface area contributed by atoms with Crippen LogP contribution < -0.4 is 15.4 Å². The second kappa shape index (κ2) is 6.89. The predicted molar refractivity (Wildman–Crippen MR) is 72.8 cm³/mol. The first-order valence-electron chi connectivity index (χ1n) is 6.27. The minimum absolute atomic E-state index is 0.0517. The van der Waals surface area contributed by atoms with Crippen molar-refractivity contribution in [3.05, 3.63) is 29.8 Å². The Labute approximate surface area is 109 Å². The molecule has 0 aromatic heterocycles. The van der Waals surface area contributed by atoms with Gasteiger partial charge in [0.1, 0.15) is 5.75 Å². The number of benzene rings is 1. The third-order valence-electron chi connectivity index (χ3n) is 2.93. The maximum Gasteiger partial charge on any atom is 0.315 e. The molecule has 2 N–H and O–H groups in total. The molecule has 2 amide bonds. The molecule has 1 aromatic carbocycles. The first kappa shape index (κ1) is 14.4. The summed E-state index contributed by atoms with van der Waals surface area (Å²) in [6.45, 7) is 5.97. The van der Waals surface area contributed by atoms with Crippen molar-refractivity contribution in [1.82, 2.24) is 10.6 Å². The van der Waals surface area contributed by atoms with Crippen LogP contribution in [-0.4, -0.2) is 19.2 Å². The molecule has 4 heteroatoms. The first-order valence-corrected chi connectivity index (χ1v) is 6.27. The number of carbonyl (C=O) groups excluding carboxylic acids is 1. The Morgan fingerprint density at radius 3 is 2.67 bits per heavy atom. The summed E-state index contributed by atoms with van der Waals surface area (Å²) in [6.07, 6.45) is 0.918. The number of methoxy groups -OCH3 is 1. The Kier molecular flexibility index (Phi) is 5.49. The summed E-state index contributed by atoms with van der Waals surface area (Å²) in [5.74, 6) is 0.795. The summed E-state index contributed by atoms with van der Waals surface area (Å²) in [5, 5.41) is 5.78. The van der Waals surface area contributed by atoms with Crippen LogP contribution in [0.25, 0.3) is 0 Å². The Hall–Kier alpha value is -1.71. The number of nitrogens with one attached hydrogen (secondary N) is 2. The second-order valence-electron chi connectivity index (χ2n) is 4.43. The molecule has 18 heavy (non-hydrogen) atoms. The third-order valence-corrected chi connectivity index (χ3v) is 2.93. The van der Waals surface area contributed by atoms with E-state index in [2.05, 4.69) is 10.6 Å². The lowest BCUT2D eigenvalue weighted by Gasteiger charge is -2.18. The summed E-state index contributed by atoms with van der Waals surface area (Å²) in [6, 6.07) is 7.69. The van der Waals surface area contributed by atoms with Gasteiger partial charge in [-0.05, 0) is 38.0 Å². The minimum atomic E-state index is -0.139. The quantitative estimate of drug-likeness (QED) is 0.844. The highest BCUT2D eigenvalue weighted by atomic mass is 16.5. The van der Waals surface area contributed by atoms with Crippen LogP contribution in [0.3, 0.4) is 0 Å². The molecule has 0 heterocycles. The number of hydrogen-bond acceptors (Lipinski definition) is 2. The van der Waals surface area contributed by atoms with Crippen molar-refractivity contribution in [1.29, 1.82) is 0 Å². The standard InChI is InChI=1S/C14H22N2O2/c1-5-10(2)15-14(17)16-11(3)12-7-6-8-13(9-12)18-4/h6-11H,5H2,1-4H3,(H2,15,16,17)/t10-,11-/m1/s1. The summed E-state index contributed by atoms with van der Waals surface area (Å²) in [7, 11) is 1.63. The van der Waals surface area contributed by atoms with Crippen LogP contribution in [0, 0.1) is 0 Å². The van der Waals surface area contributed by atoms with Gasteiger partial charge in [-0.1, -0.05) is 19.1 Å². The summed E-state index contributed by atoms with van der Waals surface area (Å²) in [4.78, 5) is 11.7. The largest absolute Gasteiger partial charge is 0.497 e. The highest BCUT2D eigenvalue weighted by Gasteiger charge is 2.11. The number of amides is 2. The van der Waals surface area contributed by atoms with Gasteiger partial charge in [0, 0.05) is 6.04 Å². The number of ether oxygens (including phenoxy) is 1. The molecule has 0 aliphatic rings. The minimum Gasteiger partial charge on any atom is -0.497 e. The van der Waals surface area contributed by atoms with E-state index < -0.39 is 0 Å². The average Bonchev–Trinajstić information content (AvgIpc) is 2.38. The molecule has 0 saturated carbocycles. The van der Waals surface area contributed by atoms with E-state index in [4.69, 9.17) is 4.74 Å². The molecule has 0 bridgehead atoms. The van der Waals surface area contributed by atoms with Crippen LogP contribution >= 0.6 is 0 Å². The van der Waals surface area contributed by atoms with Crippen molar-refractivity contribution in [2.45, 2.75) is 39.3 Å². The maximum atomic E-state index is 11.7. The van der Waals surface area contributed by atoms with Crippen molar-refractivity contribution < 1.29 is 9.53 Å². The lowest BCUT2D eigenvalue weighted by atomic mass is 10.1. The number of carbonyl (C=O) groups is 1. The lowest BCUT2D eigenvalue weighted by molar-refractivity contribution is 0.234. The van der Waals surface area contributed by atoms with Crippen molar-refractivity contribution >= 4 is 6.03 Å². The molecule has 2 atom stereocenters. The smallest absolute Gasteiger partial charge is 0.315 e. The highest BCUT2D eigenvalue weighted by Crippen LogP contribution is 2.18. The Morgan fingerprint density at radius 1 is 1.33 bits per heavy atom. The molecule has 0 radical (unpaired) electrons. The Balaban J connectivity index is 2.58. The second-order valence-corrected chi connectivity index (χ2v) is 4.43. The van der Waals surface area contributed by atoms with Crippen LogP contribution in [0.4, 0.5) is 4.79 Å². The molecule has 0 aliphatic heterocycles.